The molecule has 1 aromatic carbocycles. The monoisotopic (exact) mass is 362 g/mol. The van der Waals surface area contributed by atoms with Crippen molar-refractivity contribution in [3.05, 3.63) is 71.4 Å². The van der Waals surface area contributed by atoms with Gasteiger partial charge in [-0.3, -0.25) is 14.6 Å². The van der Waals surface area contributed by atoms with Crippen molar-refractivity contribution in [2.24, 2.45) is 0 Å². The van der Waals surface area contributed by atoms with E-state index in [1.165, 1.54) is 0 Å². The number of amides is 2. The van der Waals surface area contributed by atoms with Crippen molar-refractivity contribution in [3.63, 3.8) is 0 Å². The molecule has 136 valence electrons. The number of aromatic nitrogens is 2. The first-order valence-corrected chi connectivity index (χ1v) is 8.67. The summed E-state index contributed by atoms with van der Waals surface area (Å²) in [5.41, 5.74) is 3.67. The number of aryl methyl sites for hydroxylation is 1. The Morgan fingerprint density at radius 3 is 2.89 bits per heavy atom. The Kier molecular flexibility index (Phi) is 4.42. The van der Waals surface area contributed by atoms with Crippen molar-refractivity contribution >= 4 is 23.2 Å². The van der Waals surface area contributed by atoms with E-state index in [4.69, 9.17) is 4.52 Å². The van der Waals surface area contributed by atoms with E-state index < -0.39 is 0 Å². The van der Waals surface area contributed by atoms with Crippen LogP contribution in [0.3, 0.4) is 0 Å². The number of hydrogen-bond acceptors (Lipinski definition) is 5. The Morgan fingerprint density at radius 2 is 2.15 bits per heavy atom. The van der Waals surface area contributed by atoms with Crippen LogP contribution in [0, 0.1) is 6.92 Å². The predicted molar refractivity (Wildman–Crippen MR) is 99.6 cm³/mol. The van der Waals surface area contributed by atoms with E-state index in [0.717, 1.165) is 17.7 Å². The third kappa shape index (κ3) is 3.57. The molecular weight excluding hydrogens is 344 g/mol. The summed E-state index contributed by atoms with van der Waals surface area (Å²) in [4.78, 5) is 30.8. The predicted octanol–water partition coefficient (Wildman–Crippen LogP) is 2.76. The molecular formula is C20H18N4O3. The first-order chi connectivity index (χ1) is 13.1. The highest BCUT2D eigenvalue weighted by Crippen LogP contribution is 2.32. The molecule has 0 spiro atoms. The van der Waals surface area contributed by atoms with Crippen LogP contribution in [0.4, 0.5) is 11.4 Å². The molecule has 1 aliphatic heterocycles. The van der Waals surface area contributed by atoms with Crippen LogP contribution in [0.2, 0.25) is 0 Å². The Hall–Kier alpha value is -3.48. The quantitative estimate of drug-likeness (QED) is 0.771. The van der Waals surface area contributed by atoms with Gasteiger partial charge < -0.3 is 14.7 Å². The van der Waals surface area contributed by atoms with Gasteiger partial charge in [0, 0.05) is 36.4 Å². The highest BCUT2D eigenvalue weighted by atomic mass is 16.5. The van der Waals surface area contributed by atoms with Gasteiger partial charge in [-0.05, 0) is 43.2 Å². The summed E-state index contributed by atoms with van der Waals surface area (Å²) in [6.07, 6.45) is 4.12. The fourth-order valence-electron chi connectivity index (χ4n) is 3.18. The topological polar surface area (TPSA) is 88.3 Å². The highest BCUT2D eigenvalue weighted by molar-refractivity contribution is 6.07. The van der Waals surface area contributed by atoms with E-state index >= 15 is 0 Å². The minimum Gasteiger partial charge on any atom is -0.361 e. The molecule has 0 bridgehead atoms. The number of benzene rings is 1. The zero-order valence-corrected chi connectivity index (χ0v) is 14.8. The largest absolute Gasteiger partial charge is 0.361 e. The van der Waals surface area contributed by atoms with Crippen LogP contribution < -0.4 is 10.2 Å². The van der Waals surface area contributed by atoms with Crippen LogP contribution in [0.1, 0.15) is 27.4 Å². The van der Waals surface area contributed by atoms with E-state index in [2.05, 4.69) is 15.5 Å². The van der Waals surface area contributed by atoms with Gasteiger partial charge in [0.05, 0.1) is 17.7 Å². The van der Waals surface area contributed by atoms with Crippen molar-refractivity contribution in [2.45, 2.75) is 19.8 Å². The van der Waals surface area contributed by atoms with Gasteiger partial charge in [0.25, 0.3) is 5.91 Å². The normalized spacial score (nSPS) is 12.7. The molecule has 1 N–H and O–H groups in total. The van der Waals surface area contributed by atoms with E-state index in [1.807, 2.05) is 18.2 Å². The van der Waals surface area contributed by atoms with E-state index in [1.54, 1.807) is 42.4 Å². The second-order valence-electron chi connectivity index (χ2n) is 6.45. The number of hydrogen-bond donors (Lipinski definition) is 1. The average Bonchev–Trinajstić information content (AvgIpc) is 3.27. The maximum atomic E-state index is 12.8. The third-order valence-electron chi connectivity index (χ3n) is 4.44. The minimum atomic E-state index is -0.189. The Balaban J connectivity index is 1.51. The van der Waals surface area contributed by atoms with Crippen LogP contribution in [-0.2, 0) is 17.6 Å². The first-order valence-electron chi connectivity index (χ1n) is 8.67. The SMILES string of the molecule is Cc1cc(CC(=O)Nc2ccc3c(c2)N(C(=O)c2cccnc2)CC3)no1. The summed E-state index contributed by atoms with van der Waals surface area (Å²) in [7, 11) is 0. The van der Waals surface area contributed by atoms with Crippen LogP contribution >= 0.6 is 0 Å². The lowest BCUT2D eigenvalue weighted by molar-refractivity contribution is -0.115. The van der Waals surface area contributed by atoms with Crippen molar-refractivity contribution in [1.29, 1.82) is 0 Å². The molecule has 7 heteroatoms. The number of nitrogens with one attached hydrogen (secondary N) is 1. The molecule has 0 saturated heterocycles. The summed E-state index contributed by atoms with van der Waals surface area (Å²) >= 11 is 0. The van der Waals surface area contributed by atoms with E-state index in [0.29, 0.717) is 29.2 Å². The van der Waals surface area contributed by atoms with Gasteiger partial charge >= 0.3 is 0 Å². The summed E-state index contributed by atoms with van der Waals surface area (Å²) in [5.74, 6) is 0.384. The van der Waals surface area contributed by atoms with Crippen molar-refractivity contribution < 1.29 is 14.1 Å². The molecule has 3 aromatic rings. The molecule has 0 aliphatic carbocycles. The van der Waals surface area contributed by atoms with Gasteiger partial charge in [-0.25, -0.2) is 0 Å². The van der Waals surface area contributed by atoms with Crippen LogP contribution in [0.15, 0.2) is 53.3 Å². The number of carbonyl (C=O) groups is 2. The van der Waals surface area contributed by atoms with Gasteiger partial charge in [-0.2, -0.15) is 0 Å². The number of nitrogens with zero attached hydrogens (tertiary/aromatic N) is 3. The van der Waals surface area contributed by atoms with E-state index in [9.17, 15) is 9.59 Å². The molecule has 27 heavy (non-hydrogen) atoms. The second kappa shape index (κ2) is 7.03. The molecule has 1 aliphatic rings. The van der Waals surface area contributed by atoms with Crippen molar-refractivity contribution in [3.8, 4) is 0 Å². The zero-order valence-electron chi connectivity index (χ0n) is 14.8. The number of fused-ring (bicyclic) bond motifs is 1. The summed E-state index contributed by atoms with van der Waals surface area (Å²) in [6.45, 7) is 2.39. The number of rotatable bonds is 4. The van der Waals surface area contributed by atoms with Crippen LogP contribution in [0.25, 0.3) is 0 Å². The summed E-state index contributed by atoms with van der Waals surface area (Å²) < 4.78 is 4.98. The molecule has 2 aromatic heterocycles. The summed E-state index contributed by atoms with van der Waals surface area (Å²) in [5, 5.41) is 6.69. The zero-order chi connectivity index (χ0) is 18.8. The van der Waals surface area contributed by atoms with Gasteiger partial charge in [0.15, 0.2) is 0 Å². The molecule has 2 amide bonds. The molecule has 0 radical (unpaired) electrons. The smallest absolute Gasteiger partial charge is 0.259 e. The highest BCUT2D eigenvalue weighted by Gasteiger charge is 2.26. The van der Waals surface area contributed by atoms with Gasteiger partial charge in [0.2, 0.25) is 5.91 Å². The maximum Gasteiger partial charge on any atom is 0.259 e. The van der Waals surface area contributed by atoms with Gasteiger partial charge in [-0.1, -0.05) is 11.2 Å². The van der Waals surface area contributed by atoms with Gasteiger partial charge in [-0.15, -0.1) is 0 Å². The minimum absolute atomic E-state index is 0.0941. The molecule has 3 heterocycles. The summed E-state index contributed by atoms with van der Waals surface area (Å²) in [6, 6.07) is 10.9. The van der Waals surface area contributed by atoms with Crippen molar-refractivity contribution in [1.82, 2.24) is 10.1 Å². The molecule has 0 saturated carbocycles. The number of pyridine rings is 1. The molecule has 0 atom stereocenters. The molecule has 0 fully saturated rings. The Bertz CT molecular complexity index is 997. The fourth-order valence-corrected chi connectivity index (χ4v) is 3.18. The molecule has 4 rings (SSSR count). The lowest BCUT2D eigenvalue weighted by Crippen LogP contribution is -2.29. The lowest BCUT2D eigenvalue weighted by atomic mass is 10.1. The standard InChI is InChI=1S/C20H18N4O3/c1-13-9-17(23-27-13)11-19(25)22-16-5-4-14-6-8-24(18(14)10-16)20(26)15-3-2-7-21-12-15/h2-5,7,9-10,12H,6,8,11H2,1H3,(H,22,25). The third-order valence-corrected chi connectivity index (χ3v) is 4.44. The Labute approximate surface area is 156 Å². The van der Waals surface area contributed by atoms with Crippen molar-refractivity contribution in [2.75, 3.05) is 16.8 Å². The second-order valence-corrected chi connectivity index (χ2v) is 6.45. The van der Waals surface area contributed by atoms with E-state index in [-0.39, 0.29) is 18.2 Å². The number of anilines is 2. The fraction of sp³-hybridized carbons (Fsp3) is 0.200. The number of carbonyl (C=O) groups excluding carboxylic acids is 2. The lowest BCUT2D eigenvalue weighted by Gasteiger charge is -2.18. The average molecular weight is 362 g/mol. The van der Waals surface area contributed by atoms with Crippen LogP contribution in [0.5, 0.6) is 0 Å². The Morgan fingerprint density at radius 1 is 1.26 bits per heavy atom. The maximum absolute atomic E-state index is 12.8. The molecule has 7 nitrogen and oxygen atoms in total. The molecule has 0 unspecified atom stereocenters. The first kappa shape index (κ1) is 17.0. The van der Waals surface area contributed by atoms with Crippen LogP contribution in [-0.4, -0.2) is 28.5 Å². The van der Waals surface area contributed by atoms with Gasteiger partial charge in [0.1, 0.15) is 5.76 Å².